The Labute approximate surface area is 121 Å². The molecule has 1 aliphatic rings. The van der Waals surface area contributed by atoms with Gasteiger partial charge in [-0.05, 0) is 22.4 Å². The SMILES string of the molecule is CCC1CN(S(=O)(=O)c2cc(CN)oc2Br)CCO1. The van der Waals surface area contributed by atoms with Crippen LogP contribution in [0.15, 0.2) is 20.0 Å². The lowest BCUT2D eigenvalue weighted by Gasteiger charge is -2.31. The Morgan fingerprint density at radius 3 is 2.89 bits per heavy atom. The summed E-state index contributed by atoms with van der Waals surface area (Å²) < 4.78 is 37.4. The first kappa shape index (κ1) is 15.0. The molecule has 1 saturated heterocycles. The van der Waals surface area contributed by atoms with Crippen molar-refractivity contribution in [1.29, 1.82) is 0 Å². The molecule has 8 heteroatoms. The summed E-state index contributed by atoms with van der Waals surface area (Å²) in [5.41, 5.74) is 5.45. The summed E-state index contributed by atoms with van der Waals surface area (Å²) in [6.07, 6.45) is 0.732. The number of halogens is 1. The number of hydrogen-bond donors (Lipinski definition) is 1. The Morgan fingerprint density at radius 1 is 1.58 bits per heavy atom. The molecule has 6 nitrogen and oxygen atoms in total. The number of sulfonamides is 1. The van der Waals surface area contributed by atoms with Crippen molar-refractivity contribution >= 4 is 26.0 Å². The molecule has 0 saturated carbocycles. The van der Waals surface area contributed by atoms with E-state index in [0.29, 0.717) is 25.5 Å². The first-order valence-corrected chi connectivity index (χ1v) is 8.32. The number of furan rings is 1. The van der Waals surface area contributed by atoms with Crippen LogP contribution in [0.5, 0.6) is 0 Å². The second kappa shape index (κ2) is 5.92. The van der Waals surface area contributed by atoms with Crippen molar-refractivity contribution in [2.75, 3.05) is 19.7 Å². The fourth-order valence-corrected chi connectivity index (χ4v) is 4.39. The lowest BCUT2D eigenvalue weighted by molar-refractivity contribution is -0.00280. The fraction of sp³-hybridized carbons (Fsp3) is 0.636. The van der Waals surface area contributed by atoms with Crippen LogP contribution in [0.1, 0.15) is 19.1 Å². The molecule has 0 amide bonds. The topological polar surface area (TPSA) is 85.8 Å². The number of hydrogen-bond acceptors (Lipinski definition) is 5. The molecule has 1 aromatic heterocycles. The summed E-state index contributed by atoms with van der Waals surface area (Å²) in [5.74, 6) is 0.436. The third-order valence-corrected chi connectivity index (χ3v) is 5.80. The van der Waals surface area contributed by atoms with Crippen molar-refractivity contribution in [3.63, 3.8) is 0 Å². The Balaban J connectivity index is 2.28. The average Bonchev–Trinajstić information content (AvgIpc) is 2.81. The second-order valence-electron chi connectivity index (χ2n) is 4.32. The van der Waals surface area contributed by atoms with E-state index >= 15 is 0 Å². The van der Waals surface area contributed by atoms with E-state index in [2.05, 4.69) is 15.9 Å². The first-order chi connectivity index (χ1) is 8.98. The maximum Gasteiger partial charge on any atom is 0.247 e. The van der Waals surface area contributed by atoms with E-state index in [-0.39, 0.29) is 22.2 Å². The van der Waals surface area contributed by atoms with Crippen molar-refractivity contribution in [3.8, 4) is 0 Å². The van der Waals surface area contributed by atoms with Crippen molar-refractivity contribution in [3.05, 3.63) is 16.5 Å². The van der Waals surface area contributed by atoms with Gasteiger partial charge in [-0.1, -0.05) is 6.92 Å². The zero-order chi connectivity index (χ0) is 14.0. The summed E-state index contributed by atoms with van der Waals surface area (Å²) in [7, 11) is -3.57. The first-order valence-electron chi connectivity index (χ1n) is 6.09. The summed E-state index contributed by atoms with van der Waals surface area (Å²) in [5, 5.41) is 0. The van der Waals surface area contributed by atoms with Crippen molar-refractivity contribution in [2.45, 2.75) is 30.9 Å². The molecular formula is C11H17BrN2O4S. The number of nitrogens with zero attached hydrogens (tertiary/aromatic N) is 1. The van der Waals surface area contributed by atoms with Gasteiger partial charge in [0.25, 0.3) is 0 Å². The van der Waals surface area contributed by atoms with Gasteiger partial charge in [0.2, 0.25) is 10.0 Å². The second-order valence-corrected chi connectivity index (χ2v) is 6.95. The highest BCUT2D eigenvalue weighted by molar-refractivity contribution is 9.10. The predicted octanol–water partition coefficient (Wildman–Crippen LogP) is 1.30. The summed E-state index contributed by atoms with van der Waals surface area (Å²) >= 11 is 3.13. The molecule has 2 heterocycles. The van der Waals surface area contributed by atoms with Gasteiger partial charge in [-0.3, -0.25) is 0 Å². The third kappa shape index (κ3) is 3.03. The smallest absolute Gasteiger partial charge is 0.247 e. The molecule has 1 atom stereocenters. The van der Waals surface area contributed by atoms with E-state index in [4.69, 9.17) is 14.9 Å². The van der Waals surface area contributed by atoms with Gasteiger partial charge >= 0.3 is 0 Å². The monoisotopic (exact) mass is 352 g/mol. The Hall–Kier alpha value is -0.410. The zero-order valence-electron chi connectivity index (χ0n) is 10.6. The van der Waals surface area contributed by atoms with Gasteiger partial charge in [-0.15, -0.1) is 0 Å². The van der Waals surface area contributed by atoms with Crippen LogP contribution in [0.2, 0.25) is 0 Å². The van der Waals surface area contributed by atoms with Crippen LogP contribution >= 0.6 is 15.9 Å². The minimum absolute atomic E-state index is 0.0526. The van der Waals surface area contributed by atoms with Crippen LogP contribution < -0.4 is 5.73 Å². The van der Waals surface area contributed by atoms with Gasteiger partial charge < -0.3 is 14.9 Å². The molecule has 0 aromatic carbocycles. The highest BCUT2D eigenvalue weighted by Gasteiger charge is 2.33. The predicted molar refractivity (Wildman–Crippen MR) is 73.1 cm³/mol. The standard InChI is InChI=1S/C11H17BrN2O4S/c1-2-8-7-14(3-4-17-8)19(15,16)10-5-9(6-13)18-11(10)12/h5,8H,2-4,6-7,13H2,1H3. The maximum absolute atomic E-state index is 12.5. The quantitative estimate of drug-likeness (QED) is 0.882. The van der Waals surface area contributed by atoms with Crippen LogP contribution in [0.25, 0.3) is 0 Å². The molecule has 1 fully saturated rings. The molecule has 1 aliphatic heterocycles. The lowest BCUT2D eigenvalue weighted by atomic mass is 10.2. The van der Waals surface area contributed by atoms with Crippen LogP contribution in [-0.4, -0.2) is 38.5 Å². The fourth-order valence-electron chi connectivity index (χ4n) is 1.97. The number of nitrogens with two attached hydrogens (primary N) is 1. The molecule has 2 rings (SSSR count). The van der Waals surface area contributed by atoms with Crippen molar-refractivity contribution < 1.29 is 17.6 Å². The number of ether oxygens (including phenoxy) is 1. The molecule has 0 bridgehead atoms. The molecule has 0 aliphatic carbocycles. The van der Waals surface area contributed by atoms with Crippen LogP contribution in [-0.2, 0) is 21.3 Å². The molecule has 19 heavy (non-hydrogen) atoms. The molecule has 0 spiro atoms. The third-order valence-electron chi connectivity index (χ3n) is 3.08. The van der Waals surface area contributed by atoms with Gasteiger partial charge in [0.15, 0.2) is 4.67 Å². The molecule has 1 unspecified atom stereocenters. The Morgan fingerprint density at radius 2 is 2.32 bits per heavy atom. The minimum atomic E-state index is -3.57. The average molecular weight is 353 g/mol. The van der Waals surface area contributed by atoms with Crippen molar-refractivity contribution in [2.24, 2.45) is 5.73 Å². The molecule has 2 N–H and O–H groups in total. The summed E-state index contributed by atoms with van der Waals surface area (Å²) in [6.45, 7) is 3.27. The maximum atomic E-state index is 12.5. The van der Waals surface area contributed by atoms with Gasteiger partial charge in [0.05, 0.1) is 19.3 Å². The highest BCUT2D eigenvalue weighted by atomic mass is 79.9. The Bertz CT molecular complexity index is 543. The lowest BCUT2D eigenvalue weighted by Crippen LogP contribution is -2.45. The van der Waals surface area contributed by atoms with Crippen LogP contribution in [0, 0.1) is 0 Å². The van der Waals surface area contributed by atoms with E-state index in [1.54, 1.807) is 0 Å². The zero-order valence-corrected chi connectivity index (χ0v) is 13.0. The van der Waals surface area contributed by atoms with E-state index in [1.807, 2.05) is 6.92 Å². The van der Waals surface area contributed by atoms with E-state index in [9.17, 15) is 8.42 Å². The van der Waals surface area contributed by atoms with Gasteiger partial charge in [0, 0.05) is 19.2 Å². The summed E-state index contributed by atoms with van der Waals surface area (Å²) in [4.78, 5) is 0.129. The van der Waals surface area contributed by atoms with Gasteiger partial charge in [-0.25, -0.2) is 8.42 Å². The highest BCUT2D eigenvalue weighted by Crippen LogP contribution is 2.29. The van der Waals surface area contributed by atoms with Gasteiger partial charge in [0.1, 0.15) is 10.7 Å². The molecule has 1 aromatic rings. The summed E-state index contributed by atoms with van der Waals surface area (Å²) in [6, 6.07) is 1.47. The van der Waals surface area contributed by atoms with Crippen molar-refractivity contribution in [1.82, 2.24) is 4.31 Å². The molecular weight excluding hydrogens is 336 g/mol. The van der Waals surface area contributed by atoms with E-state index in [0.717, 1.165) is 6.42 Å². The number of rotatable bonds is 4. The minimum Gasteiger partial charge on any atom is -0.452 e. The van der Waals surface area contributed by atoms with Gasteiger partial charge in [-0.2, -0.15) is 4.31 Å². The van der Waals surface area contributed by atoms with Crippen LogP contribution in [0.4, 0.5) is 0 Å². The number of morpholine rings is 1. The van der Waals surface area contributed by atoms with Crippen LogP contribution in [0.3, 0.4) is 0 Å². The molecule has 108 valence electrons. The Kier molecular flexibility index (Phi) is 4.67. The normalized spacial score (nSPS) is 21.7. The van der Waals surface area contributed by atoms with E-state index < -0.39 is 10.0 Å². The molecule has 0 radical (unpaired) electrons. The largest absolute Gasteiger partial charge is 0.452 e. The van der Waals surface area contributed by atoms with E-state index in [1.165, 1.54) is 10.4 Å².